The molecule has 0 heterocycles. The fourth-order valence-electron chi connectivity index (χ4n) is 2.38. The molecule has 26 heavy (non-hydrogen) atoms. The number of carbonyl (C=O) groups is 1. The van der Waals surface area contributed by atoms with Crippen LogP contribution in [0, 0.1) is 0 Å². The van der Waals surface area contributed by atoms with E-state index in [9.17, 15) is 9.90 Å². The number of carbonyl (C=O) groups excluding carboxylic acids is 1. The Bertz CT molecular complexity index is 747. The zero-order valence-corrected chi connectivity index (χ0v) is 16.5. The SMILES string of the molecule is CC(Oc1ccc(Cl)cc1Cl)C(=O)NCC(O)c1ccc(C(C)C)cc1. The van der Waals surface area contributed by atoms with E-state index in [1.807, 2.05) is 24.3 Å². The maximum atomic E-state index is 12.2. The summed E-state index contributed by atoms with van der Waals surface area (Å²) in [5.74, 6) is 0.469. The highest BCUT2D eigenvalue weighted by molar-refractivity contribution is 6.35. The molecule has 0 saturated carbocycles. The number of halogens is 2. The van der Waals surface area contributed by atoms with Crippen molar-refractivity contribution in [3.63, 3.8) is 0 Å². The van der Waals surface area contributed by atoms with Crippen molar-refractivity contribution in [3.05, 3.63) is 63.6 Å². The summed E-state index contributed by atoms with van der Waals surface area (Å²) < 4.78 is 5.56. The van der Waals surface area contributed by atoms with Gasteiger partial charge in [0.25, 0.3) is 5.91 Å². The summed E-state index contributed by atoms with van der Waals surface area (Å²) in [4.78, 5) is 12.2. The van der Waals surface area contributed by atoms with Crippen molar-refractivity contribution in [2.75, 3.05) is 6.54 Å². The average molecular weight is 396 g/mol. The first-order valence-electron chi connectivity index (χ1n) is 8.45. The zero-order chi connectivity index (χ0) is 19.3. The summed E-state index contributed by atoms with van der Waals surface area (Å²) in [5.41, 5.74) is 1.95. The molecule has 2 N–H and O–H groups in total. The number of ether oxygens (including phenoxy) is 1. The zero-order valence-electron chi connectivity index (χ0n) is 15.0. The van der Waals surface area contributed by atoms with E-state index < -0.39 is 12.2 Å². The molecular formula is C20H23Cl2NO3. The lowest BCUT2D eigenvalue weighted by Crippen LogP contribution is -2.38. The highest BCUT2D eigenvalue weighted by Gasteiger charge is 2.18. The van der Waals surface area contributed by atoms with Crippen LogP contribution in [0.2, 0.25) is 10.0 Å². The van der Waals surface area contributed by atoms with E-state index in [4.69, 9.17) is 27.9 Å². The van der Waals surface area contributed by atoms with E-state index in [0.29, 0.717) is 21.7 Å². The number of aliphatic hydroxyl groups is 1. The Morgan fingerprint density at radius 1 is 1.08 bits per heavy atom. The largest absolute Gasteiger partial charge is 0.479 e. The van der Waals surface area contributed by atoms with Crippen LogP contribution in [-0.2, 0) is 4.79 Å². The number of nitrogens with one attached hydrogen (secondary N) is 1. The average Bonchev–Trinajstić information content (AvgIpc) is 2.61. The molecule has 0 spiro atoms. The van der Waals surface area contributed by atoms with Gasteiger partial charge in [-0.25, -0.2) is 0 Å². The molecule has 0 aliphatic heterocycles. The van der Waals surface area contributed by atoms with Crippen LogP contribution >= 0.6 is 23.2 Å². The monoisotopic (exact) mass is 395 g/mol. The Balaban J connectivity index is 1.88. The summed E-state index contributed by atoms with van der Waals surface area (Å²) in [7, 11) is 0. The Morgan fingerprint density at radius 3 is 2.27 bits per heavy atom. The first-order valence-corrected chi connectivity index (χ1v) is 9.21. The maximum Gasteiger partial charge on any atom is 0.260 e. The fourth-order valence-corrected chi connectivity index (χ4v) is 2.83. The van der Waals surface area contributed by atoms with Crippen LogP contribution in [0.25, 0.3) is 0 Å². The van der Waals surface area contributed by atoms with E-state index in [1.165, 1.54) is 5.56 Å². The van der Waals surface area contributed by atoms with Crippen molar-refractivity contribution in [2.45, 2.75) is 38.9 Å². The van der Waals surface area contributed by atoms with Crippen molar-refractivity contribution in [3.8, 4) is 5.75 Å². The van der Waals surface area contributed by atoms with E-state index in [0.717, 1.165) is 5.56 Å². The third kappa shape index (κ3) is 5.63. The van der Waals surface area contributed by atoms with Gasteiger partial charge in [-0.2, -0.15) is 0 Å². The molecule has 2 unspecified atom stereocenters. The number of aliphatic hydroxyl groups excluding tert-OH is 1. The number of hydrogen-bond donors (Lipinski definition) is 2. The minimum Gasteiger partial charge on any atom is -0.479 e. The third-order valence-electron chi connectivity index (χ3n) is 4.02. The molecule has 6 heteroatoms. The van der Waals surface area contributed by atoms with Gasteiger partial charge in [0, 0.05) is 11.6 Å². The third-order valence-corrected chi connectivity index (χ3v) is 4.55. The fraction of sp³-hybridized carbons (Fsp3) is 0.350. The van der Waals surface area contributed by atoms with E-state index >= 15 is 0 Å². The van der Waals surface area contributed by atoms with Crippen molar-refractivity contribution in [1.82, 2.24) is 5.32 Å². The van der Waals surface area contributed by atoms with Crippen LogP contribution in [0.4, 0.5) is 0 Å². The van der Waals surface area contributed by atoms with E-state index in [-0.39, 0.29) is 12.5 Å². The van der Waals surface area contributed by atoms with Gasteiger partial charge in [-0.15, -0.1) is 0 Å². The van der Waals surface area contributed by atoms with Crippen LogP contribution in [-0.4, -0.2) is 23.7 Å². The molecule has 0 bridgehead atoms. The normalized spacial score (nSPS) is 13.3. The van der Waals surface area contributed by atoms with Gasteiger partial charge in [-0.05, 0) is 42.2 Å². The maximum absolute atomic E-state index is 12.2. The number of rotatable bonds is 7. The molecule has 1 amide bonds. The second-order valence-corrected chi connectivity index (χ2v) is 7.26. The number of benzene rings is 2. The van der Waals surface area contributed by atoms with Crippen LogP contribution in [0.3, 0.4) is 0 Å². The first kappa shape index (κ1) is 20.6. The second-order valence-electron chi connectivity index (χ2n) is 6.42. The standard InChI is InChI=1S/C20H23Cl2NO3/c1-12(2)14-4-6-15(7-5-14)18(24)11-23-20(25)13(3)26-19-9-8-16(21)10-17(19)22/h4-10,12-13,18,24H,11H2,1-3H3,(H,23,25). The van der Waals surface area contributed by atoms with Crippen molar-refractivity contribution >= 4 is 29.1 Å². The van der Waals surface area contributed by atoms with Crippen LogP contribution < -0.4 is 10.1 Å². The van der Waals surface area contributed by atoms with Gasteiger partial charge in [0.15, 0.2) is 6.10 Å². The summed E-state index contributed by atoms with van der Waals surface area (Å²) in [6.07, 6.45) is -1.55. The molecule has 2 aromatic rings. The van der Waals surface area contributed by atoms with Gasteiger partial charge < -0.3 is 15.2 Å². The second kappa shape index (κ2) is 9.26. The van der Waals surface area contributed by atoms with E-state index in [2.05, 4.69) is 19.2 Å². The Labute approximate surface area is 164 Å². The molecule has 2 atom stereocenters. The van der Waals surface area contributed by atoms with E-state index in [1.54, 1.807) is 25.1 Å². The minimum absolute atomic E-state index is 0.0991. The lowest BCUT2D eigenvalue weighted by molar-refractivity contribution is -0.127. The Kier molecular flexibility index (Phi) is 7.33. The molecule has 0 aromatic heterocycles. The first-order chi connectivity index (χ1) is 12.3. The smallest absolute Gasteiger partial charge is 0.260 e. The molecule has 0 aliphatic rings. The highest BCUT2D eigenvalue weighted by atomic mass is 35.5. The minimum atomic E-state index is -0.786. The quantitative estimate of drug-likeness (QED) is 0.711. The molecule has 4 nitrogen and oxygen atoms in total. The summed E-state index contributed by atoms with van der Waals surface area (Å²) >= 11 is 11.9. The molecule has 0 aliphatic carbocycles. The Hall–Kier alpha value is -1.75. The van der Waals surface area contributed by atoms with Crippen molar-refractivity contribution in [2.24, 2.45) is 0 Å². The van der Waals surface area contributed by atoms with Gasteiger partial charge in [-0.3, -0.25) is 4.79 Å². The number of hydrogen-bond acceptors (Lipinski definition) is 3. The van der Waals surface area contributed by atoms with Crippen molar-refractivity contribution in [1.29, 1.82) is 0 Å². The summed E-state index contributed by atoms with van der Waals surface area (Å²) in [6.45, 7) is 5.94. The highest BCUT2D eigenvalue weighted by Crippen LogP contribution is 2.28. The van der Waals surface area contributed by atoms with Crippen LogP contribution in [0.1, 0.15) is 43.9 Å². The van der Waals surface area contributed by atoms with Gasteiger partial charge >= 0.3 is 0 Å². The van der Waals surface area contributed by atoms with Crippen LogP contribution in [0.5, 0.6) is 5.75 Å². The van der Waals surface area contributed by atoms with Gasteiger partial charge in [-0.1, -0.05) is 61.3 Å². The number of amides is 1. The topological polar surface area (TPSA) is 58.6 Å². The predicted molar refractivity (Wildman–Crippen MR) is 105 cm³/mol. The molecular weight excluding hydrogens is 373 g/mol. The summed E-state index contributed by atoms with van der Waals surface area (Å²) in [6, 6.07) is 12.5. The van der Waals surface area contributed by atoms with Gasteiger partial charge in [0.1, 0.15) is 5.75 Å². The molecule has 2 aromatic carbocycles. The molecule has 140 valence electrons. The van der Waals surface area contributed by atoms with Gasteiger partial charge in [0.05, 0.1) is 11.1 Å². The lowest BCUT2D eigenvalue weighted by atomic mass is 10.00. The lowest BCUT2D eigenvalue weighted by Gasteiger charge is -2.18. The molecule has 0 radical (unpaired) electrons. The Morgan fingerprint density at radius 2 is 1.69 bits per heavy atom. The van der Waals surface area contributed by atoms with Crippen LogP contribution in [0.15, 0.2) is 42.5 Å². The molecule has 2 rings (SSSR count). The summed E-state index contributed by atoms with van der Waals surface area (Å²) in [5, 5.41) is 13.8. The molecule has 0 saturated heterocycles. The molecule has 0 fully saturated rings. The predicted octanol–water partition coefficient (Wildman–Crippen LogP) is 4.73. The van der Waals surface area contributed by atoms with Crippen molar-refractivity contribution < 1.29 is 14.6 Å². The van der Waals surface area contributed by atoms with Gasteiger partial charge in [0.2, 0.25) is 0 Å².